The summed E-state index contributed by atoms with van der Waals surface area (Å²) in [5.41, 5.74) is 3.33. The van der Waals surface area contributed by atoms with Gasteiger partial charge in [0.2, 0.25) is 0 Å². The topological polar surface area (TPSA) is 102 Å². The van der Waals surface area contributed by atoms with Gasteiger partial charge in [-0.1, -0.05) is 24.3 Å². The summed E-state index contributed by atoms with van der Waals surface area (Å²) >= 11 is 0. The van der Waals surface area contributed by atoms with E-state index >= 15 is 0 Å². The van der Waals surface area contributed by atoms with Crippen molar-refractivity contribution in [1.29, 1.82) is 0 Å². The lowest BCUT2D eigenvalue weighted by atomic mass is 9.94. The fraction of sp³-hybridized carbons (Fsp3) is 0.143. The third-order valence-corrected chi connectivity index (χ3v) is 5.84. The lowest BCUT2D eigenvalue weighted by molar-refractivity contribution is 0.230. The van der Waals surface area contributed by atoms with Crippen molar-refractivity contribution in [2.75, 3.05) is 0 Å². The molecule has 0 atom stereocenters. The predicted molar refractivity (Wildman–Crippen MR) is 83.3 cm³/mol. The second-order valence-electron chi connectivity index (χ2n) is 5.10. The van der Waals surface area contributed by atoms with E-state index in [1.54, 1.807) is 18.2 Å². The number of rotatable bonds is 3. The van der Waals surface area contributed by atoms with Gasteiger partial charge in [0.05, 0.1) is 5.56 Å². The Kier molecular flexibility index (Phi) is 3.87. The summed E-state index contributed by atoms with van der Waals surface area (Å²) in [5, 5.41) is 0. The zero-order chi connectivity index (χ0) is 16.8. The minimum Gasteiger partial charge on any atom is -0.394 e. The number of phosphoric ester groups is 1. The molecule has 1 aliphatic rings. The van der Waals surface area contributed by atoms with Crippen LogP contribution in [-0.4, -0.2) is 9.79 Å². The molecular weight excluding hydrogens is 342 g/mol. The van der Waals surface area contributed by atoms with E-state index in [2.05, 4.69) is 4.31 Å². The molecular formula is C14H14O7P2. The summed E-state index contributed by atoms with van der Waals surface area (Å²) in [6.07, 6.45) is 0. The number of hydrogen-bond donors (Lipinski definition) is 2. The molecule has 0 saturated heterocycles. The van der Waals surface area contributed by atoms with E-state index in [9.17, 15) is 9.13 Å². The first-order valence-corrected chi connectivity index (χ1v) is 9.63. The molecule has 0 aromatic heterocycles. The van der Waals surface area contributed by atoms with Gasteiger partial charge in [0.1, 0.15) is 11.5 Å². The Bertz CT molecular complexity index is 823. The summed E-state index contributed by atoms with van der Waals surface area (Å²) in [6.45, 7) is 3.83. The molecule has 3 rings (SSSR count). The molecule has 0 saturated carbocycles. The molecule has 0 amide bonds. The number of phosphoric acid groups is 2. The zero-order valence-electron chi connectivity index (χ0n) is 12.3. The Morgan fingerprint density at radius 1 is 0.957 bits per heavy atom. The molecule has 2 aromatic carbocycles. The highest BCUT2D eigenvalue weighted by Crippen LogP contribution is 2.65. The molecule has 2 N–H and O–H groups in total. The summed E-state index contributed by atoms with van der Waals surface area (Å²) in [5.74, 6) is 0.367. The fourth-order valence-corrected chi connectivity index (χ4v) is 4.67. The van der Waals surface area contributed by atoms with Crippen LogP contribution in [0.25, 0.3) is 11.1 Å². The van der Waals surface area contributed by atoms with Crippen LogP contribution in [0.1, 0.15) is 11.1 Å². The average Bonchev–Trinajstić information content (AvgIpc) is 2.36. The smallest absolute Gasteiger partial charge is 0.394 e. The van der Waals surface area contributed by atoms with Crippen molar-refractivity contribution >= 4 is 15.6 Å². The van der Waals surface area contributed by atoms with Crippen LogP contribution in [0.2, 0.25) is 0 Å². The molecule has 9 heteroatoms. The molecule has 0 unspecified atom stereocenters. The number of fused-ring (bicyclic) bond motifs is 2. The minimum absolute atomic E-state index is 0.183. The largest absolute Gasteiger partial charge is 0.596 e. The molecule has 2 aromatic rings. The Balaban J connectivity index is 2.13. The van der Waals surface area contributed by atoms with Crippen molar-refractivity contribution in [3.8, 4) is 22.6 Å². The maximum atomic E-state index is 12.3. The van der Waals surface area contributed by atoms with Gasteiger partial charge in [-0.15, -0.1) is 0 Å². The van der Waals surface area contributed by atoms with Crippen LogP contribution in [0.3, 0.4) is 0 Å². The summed E-state index contributed by atoms with van der Waals surface area (Å²) < 4.78 is 37.9. The van der Waals surface area contributed by atoms with Gasteiger partial charge < -0.3 is 18.8 Å². The van der Waals surface area contributed by atoms with Crippen molar-refractivity contribution in [3.63, 3.8) is 0 Å². The third-order valence-electron chi connectivity index (χ3n) is 3.35. The number of aryl methyl sites for hydroxylation is 2. The van der Waals surface area contributed by atoms with E-state index < -0.39 is 15.6 Å². The maximum absolute atomic E-state index is 12.3. The molecule has 7 nitrogen and oxygen atoms in total. The highest BCUT2D eigenvalue weighted by molar-refractivity contribution is 7.61. The van der Waals surface area contributed by atoms with E-state index in [1.807, 2.05) is 32.0 Å². The zero-order valence-corrected chi connectivity index (χ0v) is 14.1. The van der Waals surface area contributed by atoms with E-state index in [-0.39, 0.29) is 11.5 Å². The van der Waals surface area contributed by atoms with E-state index in [4.69, 9.17) is 18.8 Å². The Morgan fingerprint density at radius 2 is 1.43 bits per heavy atom. The SMILES string of the molecule is Cc1cccc(C)c1-c1c2cccc1OP(=O)(OP(=O)(O)O)O2. The highest BCUT2D eigenvalue weighted by atomic mass is 31.3. The molecule has 0 spiro atoms. The van der Waals surface area contributed by atoms with Gasteiger partial charge in [-0.2, -0.15) is 4.31 Å². The van der Waals surface area contributed by atoms with Gasteiger partial charge in [-0.3, -0.25) is 0 Å². The normalized spacial score (nSPS) is 15.7. The predicted octanol–water partition coefficient (Wildman–Crippen LogP) is 3.96. The molecule has 1 heterocycles. The van der Waals surface area contributed by atoms with Gasteiger partial charge in [-0.25, -0.2) is 9.13 Å². The van der Waals surface area contributed by atoms with Gasteiger partial charge in [0.25, 0.3) is 0 Å². The van der Waals surface area contributed by atoms with Crippen molar-refractivity contribution in [3.05, 3.63) is 47.5 Å². The molecule has 0 fully saturated rings. The van der Waals surface area contributed by atoms with Crippen LogP contribution in [-0.2, 0) is 13.4 Å². The van der Waals surface area contributed by atoms with Crippen LogP contribution >= 0.6 is 15.6 Å². The molecule has 122 valence electrons. The highest BCUT2D eigenvalue weighted by Gasteiger charge is 2.44. The monoisotopic (exact) mass is 356 g/mol. The van der Waals surface area contributed by atoms with E-state index in [0.717, 1.165) is 16.7 Å². The van der Waals surface area contributed by atoms with Crippen LogP contribution in [0.4, 0.5) is 0 Å². The minimum atomic E-state index is -5.04. The summed E-state index contributed by atoms with van der Waals surface area (Å²) in [4.78, 5) is 17.7. The second-order valence-corrected chi connectivity index (χ2v) is 7.99. The van der Waals surface area contributed by atoms with Crippen LogP contribution in [0, 0.1) is 13.8 Å². The first-order chi connectivity index (χ1) is 10.7. The third kappa shape index (κ3) is 3.20. The first-order valence-electron chi connectivity index (χ1n) is 6.64. The van der Waals surface area contributed by atoms with Crippen molar-refractivity contribution < 1.29 is 32.3 Å². The Morgan fingerprint density at radius 3 is 1.91 bits per heavy atom. The lowest BCUT2D eigenvalue weighted by Gasteiger charge is -2.28. The van der Waals surface area contributed by atoms with Gasteiger partial charge in [0.15, 0.2) is 0 Å². The molecule has 0 radical (unpaired) electrons. The van der Waals surface area contributed by atoms with Crippen molar-refractivity contribution in [2.45, 2.75) is 13.8 Å². The molecule has 0 aliphatic carbocycles. The van der Waals surface area contributed by atoms with Crippen LogP contribution in [0.5, 0.6) is 11.5 Å². The fourth-order valence-electron chi connectivity index (χ4n) is 2.54. The number of benzene rings is 2. The average molecular weight is 356 g/mol. The van der Waals surface area contributed by atoms with E-state index in [1.165, 1.54) is 0 Å². The number of hydrogen-bond acceptors (Lipinski definition) is 5. The lowest BCUT2D eigenvalue weighted by Crippen LogP contribution is -2.10. The van der Waals surface area contributed by atoms with E-state index in [0.29, 0.717) is 5.56 Å². The molecule has 1 aliphatic heterocycles. The standard InChI is InChI=1S/C14H14O7P2/c1-9-5-3-6-10(2)13(9)14-11-7-4-8-12(14)20-23(18,19-11)21-22(15,16)17/h3-8H,1-2H3,(H2,15,16,17). The van der Waals surface area contributed by atoms with Gasteiger partial charge >= 0.3 is 15.6 Å². The van der Waals surface area contributed by atoms with Crippen molar-refractivity contribution in [2.24, 2.45) is 0 Å². The quantitative estimate of drug-likeness (QED) is 0.803. The second kappa shape index (κ2) is 5.48. The summed E-state index contributed by atoms with van der Waals surface area (Å²) in [7, 11) is -9.48. The van der Waals surface area contributed by atoms with Crippen LogP contribution in [0.15, 0.2) is 36.4 Å². The van der Waals surface area contributed by atoms with Crippen molar-refractivity contribution in [1.82, 2.24) is 0 Å². The van der Waals surface area contributed by atoms with Gasteiger partial charge in [0, 0.05) is 0 Å². The molecule has 23 heavy (non-hydrogen) atoms. The molecule has 2 bridgehead atoms. The van der Waals surface area contributed by atoms with Gasteiger partial charge in [-0.05, 0) is 42.7 Å². The van der Waals surface area contributed by atoms with Crippen LogP contribution < -0.4 is 9.05 Å². The first kappa shape index (κ1) is 16.2. The maximum Gasteiger partial charge on any atom is 0.596 e. The Hall–Kier alpha value is -1.62. The summed E-state index contributed by atoms with van der Waals surface area (Å²) in [6, 6.07) is 10.5. The Labute approximate surface area is 132 Å².